The van der Waals surface area contributed by atoms with Crippen molar-refractivity contribution in [2.24, 2.45) is 16.7 Å². The molecular weight excluding hydrogens is 124 g/mol. The van der Waals surface area contributed by atoms with E-state index >= 15 is 0 Å². The second-order valence-electron chi connectivity index (χ2n) is 4.42. The number of aliphatic hydroxyl groups excluding tert-OH is 1. The smallest absolute Gasteiger partial charge is 0.0950 e. The summed E-state index contributed by atoms with van der Waals surface area (Å²) < 4.78 is 0. The Hall–Kier alpha value is -0.460. The van der Waals surface area contributed by atoms with Crippen LogP contribution in [0.15, 0.2) is 11.8 Å². The van der Waals surface area contributed by atoms with Crippen molar-refractivity contribution in [3.8, 4) is 0 Å². The zero-order valence-corrected chi connectivity index (χ0v) is 6.81. The molecule has 3 rings (SSSR count). The second kappa shape index (κ2) is 1.27. The molecule has 56 valence electrons. The van der Waals surface area contributed by atoms with Crippen LogP contribution in [-0.2, 0) is 0 Å². The number of hydrogen-bond acceptors (Lipinski definition) is 1. The molecule has 2 bridgehead atoms. The maximum Gasteiger partial charge on any atom is 0.0950 e. The first-order chi connectivity index (χ1) is 4.48. The lowest BCUT2D eigenvalue weighted by molar-refractivity contribution is -0.0458. The summed E-state index contributed by atoms with van der Waals surface area (Å²) in [5.41, 5.74) is 0.425. The lowest BCUT2D eigenvalue weighted by Crippen LogP contribution is -2.48. The van der Waals surface area contributed by atoms with Gasteiger partial charge in [-0.2, -0.15) is 0 Å². The van der Waals surface area contributed by atoms with E-state index in [4.69, 9.17) is 0 Å². The van der Waals surface area contributed by atoms with Crippen LogP contribution < -0.4 is 0 Å². The minimum Gasteiger partial charge on any atom is -0.512 e. The van der Waals surface area contributed by atoms with E-state index in [2.05, 4.69) is 20.8 Å². The summed E-state index contributed by atoms with van der Waals surface area (Å²) in [6.45, 7) is 6.63. The van der Waals surface area contributed by atoms with Gasteiger partial charge in [0.05, 0.1) is 5.76 Å². The Morgan fingerprint density at radius 3 is 2.20 bits per heavy atom. The Bertz CT molecular complexity index is 215. The maximum absolute atomic E-state index is 9.50. The van der Waals surface area contributed by atoms with Crippen LogP contribution in [-0.4, -0.2) is 5.11 Å². The van der Waals surface area contributed by atoms with E-state index in [1.165, 1.54) is 0 Å². The molecule has 0 radical (unpaired) electrons. The minimum absolute atomic E-state index is 0.109. The monoisotopic (exact) mass is 138 g/mol. The van der Waals surface area contributed by atoms with E-state index in [1.54, 1.807) is 0 Å². The van der Waals surface area contributed by atoms with Crippen LogP contribution in [0.3, 0.4) is 0 Å². The normalized spacial score (nSPS) is 48.3. The summed E-state index contributed by atoms with van der Waals surface area (Å²) in [5.74, 6) is 1.26. The van der Waals surface area contributed by atoms with E-state index in [9.17, 15) is 5.11 Å². The molecule has 0 saturated heterocycles. The third-order valence-electron chi connectivity index (χ3n) is 3.90. The summed E-state index contributed by atoms with van der Waals surface area (Å²) in [6.07, 6.45) is 3.19. The van der Waals surface area contributed by atoms with Gasteiger partial charge < -0.3 is 5.11 Å². The lowest BCUT2D eigenvalue weighted by atomic mass is 9.50. The van der Waals surface area contributed by atoms with E-state index in [1.807, 2.05) is 6.08 Å². The quantitative estimate of drug-likeness (QED) is 0.545. The van der Waals surface area contributed by atoms with Crippen LogP contribution in [0.5, 0.6) is 0 Å². The number of rotatable bonds is 0. The lowest BCUT2D eigenvalue weighted by Gasteiger charge is -2.53. The van der Waals surface area contributed by atoms with Crippen LogP contribution in [0.2, 0.25) is 0 Å². The van der Waals surface area contributed by atoms with Crippen molar-refractivity contribution in [1.29, 1.82) is 0 Å². The highest BCUT2D eigenvalue weighted by molar-refractivity contribution is 5.31. The summed E-state index contributed by atoms with van der Waals surface area (Å²) >= 11 is 0. The van der Waals surface area contributed by atoms with Gasteiger partial charge in [0.15, 0.2) is 0 Å². The predicted octanol–water partition coefficient (Wildman–Crippen LogP) is 2.49. The fraction of sp³-hybridized carbons (Fsp3) is 0.778. The van der Waals surface area contributed by atoms with Crippen molar-refractivity contribution in [2.45, 2.75) is 27.2 Å². The topological polar surface area (TPSA) is 20.2 Å². The molecule has 3 aliphatic rings. The maximum atomic E-state index is 9.50. The molecule has 0 heterocycles. The standard InChI is InChI=1S/C9H14O/c1-8(2)6-4-7(10)9(8,3)5-6/h4,6,10H,5H2,1-3H3. The van der Waals surface area contributed by atoms with Crippen molar-refractivity contribution in [3.05, 3.63) is 11.8 Å². The Morgan fingerprint density at radius 1 is 1.50 bits per heavy atom. The molecule has 0 aromatic heterocycles. The zero-order chi connectivity index (χ0) is 7.57. The predicted molar refractivity (Wildman–Crippen MR) is 40.7 cm³/mol. The first-order valence-corrected chi connectivity index (χ1v) is 3.90. The minimum atomic E-state index is 0.109. The molecular formula is C9H14O. The van der Waals surface area contributed by atoms with Gasteiger partial charge >= 0.3 is 0 Å². The summed E-state index contributed by atoms with van der Waals surface area (Å²) in [6, 6.07) is 0. The van der Waals surface area contributed by atoms with Crippen molar-refractivity contribution in [2.75, 3.05) is 0 Å². The summed E-state index contributed by atoms with van der Waals surface area (Å²) in [4.78, 5) is 0. The van der Waals surface area contributed by atoms with Gasteiger partial charge in [0, 0.05) is 5.41 Å². The molecule has 10 heavy (non-hydrogen) atoms. The third kappa shape index (κ3) is 0.370. The van der Waals surface area contributed by atoms with Gasteiger partial charge in [-0.3, -0.25) is 0 Å². The van der Waals surface area contributed by atoms with E-state index in [-0.39, 0.29) is 5.41 Å². The van der Waals surface area contributed by atoms with Gasteiger partial charge in [0.1, 0.15) is 0 Å². The van der Waals surface area contributed by atoms with Crippen molar-refractivity contribution in [1.82, 2.24) is 0 Å². The van der Waals surface area contributed by atoms with Gasteiger partial charge in [-0.15, -0.1) is 0 Å². The fourth-order valence-electron chi connectivity index (χ4n) is 2.31. The SMILES string of the molecule is CC12CC(C=C1O)C2(C)C. The van der Waals surface area contributed by atoms with Gasteiger partial charge in [-0.05, 0) is 23.8 Å². The molecule has 3 aliphatic carbocycles. The molecule has 1 fully saturated rings. The van der Waals surface area contributed by atoms with Gasteiger partial charge in [0.25, 0.3) is 0 Å². The fourth-order valence-corrected chi connectivity index (χ4v) is 2.31. The van der Waals surface area contributed by atoms with Crippen molar-refractivity contribution >= 4 is 0 Å². The van der Waals surface area contributed by atoms with Gasteiger partial charge in [-0.1, -0.05) is 20.8 Å². The van der Waals surface area contributed by atoms with E-state index < -0.39 is 0 Å². The molecule has 0 aromatic carbocycles. The Morgan fingerprint density at radius 2 is 2.10 bits per heavy atom. The number of aliphatic hydroxyl groups is 1. The van der Waals surface area contributed by atoms with E-state index in [0.717, 1.165) is 6.42 Å². The number of allylic oxidation sites excluding steroid dienone is 2. The van der Waals surface area contributed by atoms with Crippen molar-refractivity contribution in [3.63, 3.8) is 0 Å². The molecule has 0 aliphatic heterocycles. The molecule has 1 saturated carbocycles. The van der Waals surface area contributed by atoms with E-state index in [0.29, 0.717) is 17.1 Å². The third-order valence-corrected chi connectivity index (χ3v) is 3.90. The Kier molecular flexibility index (Phi) is 0.796. The van der Waals surface area contributed by atoms with Crippen LogP contribution in [0.4, 0.5) is 0 Å². The second-order valence-corrected chi connectivity index (χ2v) is 4.42. The highest BCUT2D eigenvalue weighted by Crippen LogP contribution is 2.68. The molecule has 1 N–H and O–H groups in total. The van der Waals surface area contributed by atoms with Crippen LogP contribution >= 0.6 is 0 Å². The van der Waals surface area contributed by atoms with Crippen LogP contribution in [0, 0.1) is 16.7 Å². The Labute approximate surface area is 61.8 Å². The Balaban J connectivity index is 2.42. The number of hydrogen-bond donors (Lipinski definition) is 1. The largest absolute Gasteiger partial charge is 0.512 e. The average Bonchev–Trinajstić information content (AvgIpc) is 2.20. The van der Waals surface area contributed by atoms with Gasteiger partial charge in [-0.25, -0.2) is 0 Å². The molecule has 2 atom stereocenters. The first kappa shape index (κ1) is 6.26. The van der Waals surface area contributed by atoms with Crippen LogP contribution in [0.25, 0.3) is 0 Å². The molecule has 0 spiro atoms. The zero-order valence-electron chi connectivity index (χ0n) is 6.81. The average molecular weight is 138 g/mol. The highest BCUT2D eigenvalue weighted by Gasteiger charge is 2.63. The summed E-state index contributed by atoms with van der Waals surface area (Å²) in [7, 11) is 0. The highest BCUT2D eigenvalue weighted by atomic mass is 16.3. The summed E-state index contributed by atoms with van der Waals surface area (Å²) in [5, 5.41) is 9.50. The molecule has 0 amide bonds. The molecule has 2 unspecified atom stereocenters. The first-order valence-electron chi connectivity index (χ1n) is 3.90. The van der Waals surface area contributed by atoms with Crippen LogP contribution in [0.1, 0.15) is 27.2 Å². The van der Waals surface area contributed by atoms with Crippen molar-refractivity contribution < 1.29 is 5.11 Å². The van der Waals surface area contributed by atoms with Gasteiger partial charge in [0.2, 0.25) is 0 Å². The molecule has 1 nitrogen and oxygen atoms in total. The molecule has 1 heteroatoms. The molecule has 0 aromatic rings.